The number of hydrogen-bond donors (Lipinski definition) is 1. The topological polar surface area (TPSA) is 71.3 Å². The Balaban J connectivity index is 1.57. The van der Waals surface area contributed by atoms with Gasteiger partial charge < -0.3 is 14.6 Å². The van der Waals surface area contributed by atoms with Gasteiger partial charge in [0.2, 0.25) is 0 Å². The third kappa shape index (κ3) is 4.72. The van der Waals surface area contributed by atoms with Gasteiger partial charge >= 0.3 is 0 Å². The lowest BCUT2D eigenvalue weighted by Gasteiger charge is -2.21. The largest absolute Gasteiger partial charge is 0.451 e. The SMILES string of the molecule is CCN(CC)c1ccc(NC(=O)c2oc3ccccc3c2CSc2ncccn2)cc1. The van der Waals surface area contributed by atoms with Crippen LogP contribution >= 0.6 is 11.8 Å². The van der Waals surface area contributed by atoms with Crippen molar-refractivity contribution in [2.45, 2.75) is 24.8 Å². The van der Waals surface area contributed by atoms with E-state index in [1.165, 1.54) is 11.8 Å². The van der Waals surface area contributed by atoms with Gasteiger partial charge in [-0.1, -0.05) is 30.0 Å². The van der Waals surface area contributed by atoms with Crippen LogP contribution in [-0.2, 0) is 5.75 Å². The molecule has 31 heavy (non-hydrogen) atoms. The van der Waals surface area contributed by atoms with Crippen molar-refractivity contribution >= 4 is 40.0 Å². The van der Waals surface area contributed by atoms with Gasteiger partial charge in [0.1, 0.15) is 5.58 Å². The number of carbonyl (C=O) groups is 1. The Kier molecular flexibility index (Phi) is 6.52. The second-order valence-corrected chi connectivity index (χ2v) is 7.84. The predicted octanol–water partition coefficient (Wildman–Crippen LogP) is 5.61. The lowest BCUT2D eigenvalue weighted by atomic mass is 10.1. The van der Waals surface area contributed by atoms with Gasteiger partial charge in [-0.3, -0.25) is 4.79 Å². The number of carbonyl (C=O) groups excluding carboxylic acids is 1. The molecular formula is C24H24N4O2S. The van der Waals surface area contributed by atoms with E-state index in [9.17, 15) is 4.79 Å². The summed E-state index contributed by atoms with van der Waals surface area (Å²) in [4.78, 5) is 23.9. The number of anilines is 2. The van der Waals surface area contributed by atoms with E-state index in [0.717, 1.165) is 35.4 Å². The van der Waals surface area contributed by atoms with Gasteiger partial charge in [-0.15, -0.1) is 0 Å². The van der Waals surface area contributed by atoms with Crippen molar-refractivity contribution in [2.24, 2.45) is 0 Å². The molecule has 6 nitrogen and oxygen atoms in total. The average Bonchev–Trinajstić information content (AvgIpc) is 3.19. The Morgan fingerprint density at radius 2 is 1.71 bits per heavy atom. The first kappa shape index (κ1) is 20.9. The van der Waals surface area contributed by atoms with Crippen molar-refractivity contribution in [3.63, 3.8) is 0 Å². The molecule has 0 saturated carbocycles. The molecule has 0 radical (unpaired) electrons. The number of para-hydroxylation sites is 1. The molecule has 0 bridgehead atoms. The van der Waals surface area contributed by atoms with Gasteiger partial charge in [0.25, 0.3) is 5.91 Å². The highest BCUT2D eigenvalue weighted by molar-refractivity contribution is 7.98. The van der Waals surface area contributed by atoms with Crippen molar-refractivity contribution in [2.75, 3.05) is 23.3 Å². The minimum Gasteiger partial charge on any atom is -0.451 e. The Bertz CT molecular complexity index is 1160. The summed E-state index contributed by atoms with van der Waals surface area (Å²) in [5.74, 6) is 0.582. The lowest BCUT2D eigenvalue weighted by Crippen LogP contribution is -2.21. The standard InChI is InChI=1S/C24H24N4O2S/c1-3-28(4-2)18-12-10-17(11-13-18)27-23(29)22-20(16-31-24-25-14-7-15-26-24)19-8-5-6-9-21(19)30-22/h5-15H,3-4,16H2,1-2H3,(H,27,29). The van der Waals surface area contributed by atoms with Crippen LogP contribution in [0.4, 0.5) is 11.4 Å². The number of benzene rings is 2. The molecule has 1 amide bonds. The summed E-state index contributed by atoms with van der Waals surface area (Å²) in [6.07, 6.45) is 3.41. The maximum Gasteiger partial charge on any atom is 0.291 e. The van der Waals surface area contributed by atoms with Gasteiger partial charge in [0.05, 0.1) is 0 Å². The van der Waals surface area contributed by atoms with Gasteiger partial charge in [-0.2, -0.15) is 0 Å². The van der Waals surface area contributed by atoms with Crippen LogP contribution in [0, 0.1) is 0 Å². The number of nitrogens with zero attached hydrogens (tertiary/aromatic N) is 3. The fraction of sp³-hybridized carbons (Fsp3) is 0.208. The normalized spacial score (nSPS) is 10.9. The third-order valence-corrected chi connectivity index (χ3v) is 5.95. The Morgan fingerprint density at radius 1 is 1.00 bits per heavy atom. The summed E-state index contributed by atoms with van der Waals surface area (Å²) < 4.78 is 5.94. The maximum absolute atomic E-state index is 13.1. The van der Waals surface area contributed by atoms with E-state index in [2.05, 4.69) is 34.0 Å². The number of hydrogen-bond acceptors (Lipinski definition) is 6. The van der Waals surface area contributed by atoms with E-state index < -0.39 is 0 Å². The van der Waals surface area contributed by atoms with Crippen molar-refractivity contribution in [1.82, 2.24) is 9.97 Å². The molecule has 4 rings (SSSR count). The molecule has 2 aromatic heterocycles. The molecule has 0 aliphatic carbocycles. The van der Waals surface area contributed by atoms with Gasteiger partial charge in [0, 0.05) is 53.6 Å². The summed E-state index contributed by atoms with van der Waals surface area (Å²) in [6.45, 7) is 6.13. The number of furan rings is 1. The smallest absolute Gasteiger partial charge is 0.291 e. The number of aromatic nitrogens is 2. The highest BCUT2D eigenvalue weighted by atomic mass is 32.2. The molecule has 0 spiro atoms. The van der Waals surface area contributed by atoms with E-state index in [4.69, 9.17) is 4.42 Å². The summed E-state index contributed by atoms with van der Waals surface area (Å²) >= 11 is 1.47. The monoisotopic (exact) mass is 432 g/mol. The van der Waals surface area contributed by atoms with Gasteiger partial charge in [-0.25, -0.2) is 9.97 Å². The van der Waals surface area contributed by atoms with E-state index in [-0.39, 0.29) is 5.91 Å². The van der Waals surface area contributed by atoms with Crippen LogP contribution in [0.15, 0.2) is 76.6 Å². The summed E-state index contributed by atoms with van der Waals surface area (Å²) in [5.41, 5.74) is 3.39. The first-order chi connectivity index (χ1) is 15.2. The van der Waals surface area contributed by atoms with Crippen molar-refractivity contribution in [3.05, 3.63) is 78.3 Å². The quantitative estimate of drug-likeness (QED) is 0.288. The lowest BCUT2D eigenvalue weighted by molar-refractivity contribution is 0.0998. The molecule has 0 atom stereocenters. The van der Waals surface area contributed by atoms with Crippen LogP contribution < -0.4 is 10.2 Å². The Hall–Kier alpha value is -3.32. The van der Waals surface area contributed by atoms with E-state index in [1.807, 2.05) is 48.5 Å². The number of thioether (sulfide) groups is 1. The summed E-state index contributed by atoms with van der Waals surface area (Å²) in [5, 5.41) is 4.55. The number of amides is 1. The maximum atomic E-state index is 13.1. The van der Waals surface area contributed by atoms with Crippen molar-refractivity contribution < 1.29 is 9.21 Å². The molecule has 0 aliphatic rings. The molecule has 0 aliphatic heterocycles. The van der Waals surface area contributed by atoms with Crippen LogP contribution in [0.1, 0.15) is 30.0 Å². The number of rotatable bonds is 8. The summed E-state index contributed by atoms with van der Waals surface area (Å²) in [7, 11) is 0. The molecule has 2 aromatic carbocycles. The zero-order valence-corrected chi connectivity index (χ0v) is 18.4. The van der Waals surface area contributed by atoms with Gasteiger partial charge in [0.15, 0.2) is 10.9 Å². The number of fused-ring (bicyclic) bond motifs is 1. The average molecular weight is 433 g/mol. The van der Waals surface area contributed by atoms with Crippen LogP contribution in [0.25, 0.3) is 11.0 Å². The highest BCUT2D eigenvalue weighted by Crippen LogP contribution is 2.31. The van der Waals surface area contributed by atoms with E-state index in [0.29, 0.717) is 22.3 Å². The van der Waals surface area contributed by atoms with Crippen LogP contribution in [-0.4, -0.2) is 29.0 Å². The fourth-order valence-electron chi connectivity index (χ4n) is 3.45. The zero-order chi connectivity index (χ0) is 21.6. The molecule has 0 fully saturated rings. The van der Waals surface area contributed by atoms with E-state index in [1.54, 1.807) is 18.5 Å². The first-order valence-electron chi connectivity index (χ1n) is 10.3. The highest BCUT2D eigenvalue weighted by Gasteiger charge is 2.21. The fourth-order valence-corrected chi connectivity index (χ4v) is 4.29. The Labute approximate surface area is 185 Å². The zero-order valence-electron chi connectivity index (χ0n) is 17.5. The number of nitrogens with one attached hydrogen (secondary N) is 1. The minimum absolute atomic E-state index is 0.267. The van der Waals surface area contributed by atoms with E-state index >= 15 is 0 Å². The molecule has 7 heteroatoms. The molecule has 1 N–H and O–H groups in total. The second-order valence-electron chi connectivity index (χ2n) is 6.90. The van der Waals surface area contributed by atoms with Crippen LogP contribution in [0.2, 0.25) is 0 Å². The summed E-state index contributed by atoms with van der Waals surface area (Å²) in [6, 6.07) is 17.3. The molecule has 0 unspecified atom stereocenters. The van der Waals surface area contributed by atoms with Crippen molar-refractivity contribution in [3.8, 4) is 0 Å². The molecule has 2 heterocycles. The molecule has 158 valence electrons. The minimum atomic E-state index is -0.267. The van der Waals surface area contributed by atoms with Crippen molar-refractivity contribution in [1.29, 1.82) is 0 Å². The second kappa shape index (κ2) is 9.66. The molecule has 0 saturated heterocycles. The third-order valence-electron chi connectivity index (χ3n) is 5.05. The first-order valence-corrected chi connectivity index (χ1v) is 11.2. The van der Waals surface area contributed by atoms with Crippen LogP contribution in [0.5, 0.6) is 0 Å². The van der Waals surface area contributed by atoms with Gasteiger partial charge in [-0.05, 0) is 50.2 Å². The molecular weight excluding hydrogens is 408 g/mol. The Morgan fingerprint density at radius 3 is 2.42 bits per heavy atom. The molecule has 4 aromatic rings. The predicted molar refractivity (Wildman–Crippen MR) is 126 cm³/mol. The van der Waals surface area contributed by atoms with Crippen LogP contribution in [0.3, 0.4) is 0 Å².